The van der Waals surface area contributed by atoms with Gasteiger partial charge >= 0.3 is 0 Å². The van der Waals surface area contributed by atoms with E-state index in [1.54, 1.807) is 0 Å². The first-order chi connectivity index (χ1) is 24.6. The summed E-state index contributed by atoms with van der Waals surface area (Å²) in [5.74, 6) is 1.01. The van der Waals surface area contributed by atoms with E-state index in [4.69, 9.17) is 4.98 Å². The van der Waals surface area contributed by atoms with Gasteiger partial charge in [0, 0.05) is 6.42 Å². The average Bonchev–Trinajstić information content (AvgIpc) is 3.81. The van der Waals surface area contributed by atoms with Gasteiger partial charge in [0.15, 0.2) is 10.6 Å². The highest BCUT2D eigenvalue weighted by atomic mass is 31.2. The molecule has 0 saturated heterocycles. The molecule has 7 aromatic carbocycles. The first-order valence-electron chi connectivity index (χ1n) is 17.4. The fourth-order valence-corrected chi connectivity index (χ4v) is 12.5. The lowest BCUT2D eigenvalue weighted by Gasteiger charge is -2.31. The molecule has 1 atom stereocenters. The summed E-state index contributed by atoms with van der Waals surface area (Å²) >= 11 is 0. The summed E-state index contributed by atoms with van der Waals surface area (Å²) < 4.78 is 2.29. The molecule has 4 heteroatoms. The number of rotatable bonds is 3. The Morgan fingerprint density at radius 1 is 0.560 bits per heavy atom. The number of nitrogens with zero attached hydrogens (tertiary/aromatic N) is 2. The van der Waals surface area contributed by atoms with Gasteiger partial charge in [-0.25, -0.2) is 9.88 Å². The van der Waals surface area contributed by atoms with Gasteiger partial charge < -0.3 is 0 Å². The molecule has 0 radical (unpaired) electrons. The minimum Gasteiger partial charge on any atom is -0.289 e. The molecule has 1 aromatic heterocycles. The average molecular weight is 660 g/mol. The minimum absolute atomic E-state index is 0.404. The molecule has 0 amide bonds. The lowest BCUT2D eigenvalue weighted by molar-refractivity contribution is 0.632. The molecule has 236 valence electrons. The third-order valence-corrected chi connectivity index (χ3v) is 14.6. The highest BCUT2D eigenvalue weighted by Crippen LogP contribution is 2.63. The van der Waals surface area contributed by atoms with Crippen LogP contribution < -0.4 is 15.9 Å². The van der Waals surface area contributed by atoms with Crippen LogP contribution in [-0.2, 0) is 11.8 Å². The molecule has 1 unspecified atom stereocenters. The van der Waals surface area contributed by atoms with Crippen LogP contribution in [-0.4, -0.2) is 14.4 Å². The second-order valence-electron chi connectivity index (χ2n) is 13.7. The van der Waals surface area contributed by atoms with E-state index in [-0.39, 0.29) is 0 Å². The van der Waals surface area contributed by atoms with Crippen molar-refractivity contribution in [3.63, 3.8) is 0 Å². The molecule has 1 spiro atoms. The summed E-state index contributed by atoms with van der Waals surface area (Å²) in [6.07, 6.45) is 0.800. The van der Waals surface area contributed by atoms with Crippen molar-refractivity contribution >= 4 is 34.4 Å². The van der Waals surface area contributed by atoms with Crippen molar-refractivity contribution in [3.05, 3.63) is 186 Å². The predicted molar refractivity (Wildman–Crippen MR) is 207 cm³/mol. The molecule has 50 heavy (non-hydrogen) atoms. The first-order valence-corrected chi connectivity index (χ1v) is 19.2. The molecule has 0 bridgehead atoms. The summed E-state index contributed by atoms with van der Waals surface area (Å²) in [7, 11) is -3.00. The molecule has 0 saturated carbocycles. The van der Waals surface area contributed by atoms with Crippen LogP contribution in [0.15, 0.2) is 158 Å². The van der Waals surface area contributed by atoms with Crippen LogP contribution in [0.3, 0.4) is 0 Å². The Labute approximate surface area is 291 Å². The fourth-order valence-electron chi connectivity index (χ4n) is 9.39. The lowest BCUT2D eigenvalue weighted by Crippen LogP contribution is -2.37. The predicted octanol–water partition coefficient (Wildman–Crippen LogP) is 9.11. The van der Waals surface area contributed by atoms with Crippen LogP contribution in [0.25, 0.3) is 50.1 Å². The summed E-state index contributed by atoms with van der Waals surface area (Å²) in [5.41, 5.74) is 15.3. The van der Waals surface area contributed by atoms with E-state index in [1.807, 2.05) is 24.3 Å². The second kappa shape index (κ2) is 9.98. The third-order valence-electron chi connectivity index (χ3n) is 11.4. The van der Waals surface area contributed by atoms with Gasteiger partial charge in [0.05, 0.1) is 16.6 Å². The lowest BCUT2D eigenvalue weighted by atomic mass is 9.70. The summed E-state index contributed by atoms with van der Waals surface area (Å²) in [5, 5.41) is 2.91. The topological polar surface area (TPSA) is 38.0 Å². The summed E-state index contributed by atoms with van der Waals surface area (Å²) in [6, 6.07) is 57.1. The molecule has 2 aliphatic carbocycles. The standard InChI is InChI=1S/C46H32N2OP/c1-2-44-47-40-21-12-22-42-45(40)48(44)41-26-24-30(28-43(41)50(42,49)31-13-4-3-5-14-31)29-23-25-35-34-17-8-11-20-38(34)46(39(35)27-29)36-18-9-6-15-32(36)33-16-7-10-19-37(33)46/h3-28,49H,2H2,1H3/q+1. The van der Waals surface area contributed by atoms with Gasteiger partial charge in [-0.05, 0) is 98.1 Å². The zero-order valence-corrected chi connectivity index (χ0v) is 28.4. The maximum absolute atomic E-state index is 13.2. The van der Waals surface area contributed by atoms with Crippen LogP contribution >= 0.6 is 7.49 Å². The van der Waals surface area contributed by atoms with E-state index in [1.165, 1.54) is 44.5 Å². The quantitative estimate of drug-likeness (QED) is 0.192. The van der Waals surface area contributed by atoms with Crippen molar-refractivity contribution in [2.75, 3.05) is 0 Å². The summed E-state index contributed by atoms with van der Waals surface area (Å²) in [4.78, 5) is 18.3. The maximum atomic E-state index is 13.2. The monoisotopic (exact) mass is 659 g/mol. The minimum atomic E-state index is -3.00. The molecule has 1 N–H and O–H groups in total. The Bertz CT molecular complexity index is 2660. The van der Waals surface area contributed by atoms with Gasteiger partial charge in [-0.15, -0.1) is 0 Å². The van der Waals surface area contributed by atoms with Crippen molar-refractivity contribution in [1.29, 1.82) is 0 Å². The number of imidazole rings is 1. The number of benzene rings is 7. The number of aryl methyl sites for hydroxylation is 1. The van der Waals surface area contributed by atoms with E-state index < -0.39 is 12.9 Å². The molecule has 2 heterocycles. The number of aromatic nitrogens is 2. The highest BCUT2D eigenvalue weighted by molar-refractivity contribution is 7.91. The van der Waals surface area contributed by atoms with E-state index in [2.05, 4.69) is 145 Å². The number of hydrogen-bond donors (Lipinski definition) is 1. The van der Waals surface area contributed by atoms with E-state index in [0.717, 1.165) is 56.0 Å². The van der Waals surface area contributed by atoms with Crippen LogP contribution in [0.1, 0.15) is 35.0 Å². The van der Waals surface area contributed by atoms with Gasteiger partial charge in [-0.2, -0.15) is 0 Å². The SMILES string of the molecule is CCc1nc2cccc3c2n1-c1ccc(-c2ccc4c(c2)C2(c5ccccc5-c5ccccc52)c2ccccc2-4)cc1[P+]3(O)c1ccccc1. The van der Waals surface area contributed by atoms with E-state index in [9.17, 15) is 4.89 Å². The van der Waals surface area contributed by atoms with Crippen molar-refractivity contribution in [1.82, 2.24) is 9.55 Å². The van der Waals surface area contributed by atoms with Gasteiger partial charge in [0.25, 0.3) is 0 Å². The van der Waals surface area contributed by atoms with Crippen LogP contribution in [0.2, 0.25) is 0 Å². The first kappa shape index (κ1) is 28.3. The van der Waals surface area contributed by atoms with Crippen molar-refractivity contribution in [2.24, 2.45) is 0 Å². The maximum Gasteiger partial charge on any atom is 0.242 e. The molecule has 0 fully saturated rings. The normalized spacial score (nSPS) is 16.9. The van der Waals surface area contributed by atoms with Gasteiger partial charge in [0.1, 0.15) is 16.6 Å². The largest absolute Gasteiger partial charge is 0.289 e. The molecule has 3 nitrogen and oxygen atoms in total. The zero-order valence-electron chi connectivity index (χ0n) is 27.5. The van der Waals surface area contributed by atoms with Crippen molar-refractivity contribution in [3.8, 4) is 39.1 Å². The highest BCUT2D eigenvalue weighted by Gasteiger charge is 2.53. The second-order valence-corrected chi connectivity index (χ2v) is 16.4. The molecular formula is C46H32N2OP+. The Balaban J connectivity index is 1.18. The number of fused-ring (bicyclic) bond motifs is 12. The Hall–Kier alpha value is -5.60. The summed E-state index contributed by atoms with van der Waals surface area (Å²) in [6.45, 7) is 2.16. The van der Waals surface area contributed by atoms with Crippen LogP contribution in [0.4, 0.5) is 0 Å². The van der Waals surface area contributed by atoms with Crippen LogP contribution in [0, 0.1) is 0 Å². The number of hydrogen-bond acceptors (Lipinski definition) is 2. The zero-order chi connectivity index (χ0) is 33.2. The number of para-hydroxylation sites is 1. The van der Waals surface area contributed by atoms with E-state index >= 15 is 0 Å². The Morgan fingerprint density at radius 3 is 1.80 bits per heavy atom. The molecule has 1 aliphatic heterocycles. The third kappa shape index (κ3) is 3.34. The smallest absolute Gasteiger partial charge is 0.242 e. The van der Waals surface area contributed by atoms with Crippen molar-refractivity contribution in [2.45, 2.75) is 18.8 Å². The van der Waals surface area contributed by atoms with Gasteiger partial charge in [0.2, 0.25) is 7.49 Å². The Kier molecular flexibility index (Phi) is 5.64. The van der Waals surface area contributed by atoms with E-state index in [0.29, 0.717) is 0 Å². The van der Waals surface area contributed by atoms with Crippen LogP contribution in [0.5, 0.6) is 0 Å². The van der Waals surface area contributed by atoms with Crippen molar-refractivity contribution < 1.29 is 4.89 Å². The molecule has 3 aliphatic rings. The van der Waals surface area contributed by atoms with Gasteiger partial charge in [-0.3, -0.25) is 4.57 Å². The molecular weight excluding hydrogens is 627 g/mol. The molecule has 11 rings (SSSR count). The molecule has 8 aromatic rings. The van der Waals surface area contributed by atoms with Gasteiger partial charge in [-0.1, -0.05) is 122 Å². The fraction of sp³-hybridized carbons (Fsp3) is 0.0652. The Morgan fingerprint density at radius 2 is 1.14 bits per heavy atom.